The molecule has 6 heteroatoms. The first-order valence-corrected chi connectivity index (χ1v) is 32.3. The van der Waals surface area contributed by atoms with Gasteiger partial charge in [0.25, 0.3) is 0 Å². The number of ether oxygens (including phenoxy) is 2. The average molecular weight is 1000 g/mol. The first-order chi connectivity index (χ1) is 35.1. The molecule has 0 spiro atoms. The second kappa shape index (κ2) is 54.8. The number of hydrogen-bond donors (Lipinski definition) is 2. The Morgan fingerprint density at radius 3 is 0.873 bits per heavy atom. The Morgan fingerprint density at radius 1 is 0.366 bits per heavy atom. The monoisotopic (exact) mass is 1000 g/mol. The van der Waals surface area contributed by atoms with Crippen LogP contribution in [-0.4, -0.2) is 48.6 Å². The van der Waals surface area contributed by atoms with E-state index in [1.807, 2.05) is 0 Å². The van der Waals surface area contributed by atoms with Crippen LogP contribution in [-0.2, 0) is 19.1 Å². The molecular formula is C65H124O6. The van der Waals surface area contributed by atoms with E-state index in [0.717, 1.165) is 19.3 Å². The zero-order chi connectivity index (χ0) is 51.1. The highest BCUT2D eigenvalue weighted by Crippen LogP contribution is 2.25. The van der Waals surface area contributed by atoms with E-state index in [1.165, 1.54) is 315 Å². The fourth-order valence-electron chi connectivity index (χ4n) is 10.8. The van der Waals surface area contributed by atoms with Gasteiger partial charge in [-0.05, 0) is 32.1 Å². The third-order valence-corrected chi connectivity index (χ3v) is 16.0. The van der Waals surface area contributed by atoms with Crippen molar-refractivity contribution in [3.63, 3.8) is 0 Å². The quantitative estimate of drug-likeness (QED) is 0.0358. The minimum Gasteiger partial charge on any atom is -0.465 e. The summed E-state index contributed by atoms with van der Waals surface area (Å²) in [5.74, 6) is -1.40. The molecule has 0 aromatic rings. The van der Waals surface area contributed by atoms with Crippen molar-refractivity contribution in [2.45, 2.75) is 354 Å². The highest BCUT2D eigenvalue weighted by molar-refractivity contribution is 5.80. The molecule has 71 heavy (non-hydrogen) atoms. The van der Waals surface area contributed by atoms with Crippen molar-refractivity contribution in [1.82, 2.24) is 0 Å². The number of esters is 2. The summed E-state index contributed by atoms with van der Waals surface area (Å²) in [5, 5.41) is 19.2. The first kappa shape index (κ1) is 67.6. The van der Waals surface area contributed by atoms with E-state index in [2.05, 4.69) is 19.1 Å². The van der Waals surface area contributed by atoms with Crippen LogP contribution in [0.1, 0.15) is 354 Å². The van der Waals surface area contributed by atoms with Crippen molar-refractivity contribution in [3.05, 3.63) is 12.2 Å². The maximum atomic E-state index is 12.5. The van der Waals surface area contributed by atoms with Crippen LogP contribution in [0.5, 0.6) is 0 Å². The summed E-state index contributed by atoms with van der Waals surface area (Å²) in [7, 11) is 0. The van der Waals surface area contributed by atoms with Crippen molar-refractivity contribution in [2.75, 3.05) is 26.4 Å². The van der Waals surface area contributed by atoms with Crippen LogP contribution >= 0.6 is 0 Å². The molecule has 6 nitrogen and oxygen atoms in total. The van der Waals surface area contributed by atoms with Gasteiger partial charge in [-0.15, -0.1) is 0 Å². The summed E-state index contributed by atoms with van der Waals surface area (Å²) in [5.41, 5.74) is -1.12. The molecule has 0 bridgehead atoms. The summed E-state index contributed by atoms with van der Waals surface area (Å²) in [6.45, 7) is 1.21. The van der Waals surface area contributed by atoms with Crippen molar-refractivity contribution < 1.29 is 29.3 Å². The van der Waals surface area contributed by atoms with Gasteiger partial charge in [-0.25, -0.2) is 0 Å². The number of allylic oxidation sites excluding steroid dienone is 2. The second-order valence-electron chi connectivity index (χ2n) is 23.1. The molecule has 2 N–H and O–H groups in total. The summed E-state index contributed by atoms with van der Waals surface area (Å²) in [6.07, 6.45) is 78.7. The summed E-state index contributed by atoms with van der Waals surface area (Å²) < 4.78 is 10.6. The van der Waals surface area contributed by atoms with E-state index in [9.17, 15) is 19.8 Å². The Bertz CT molecular complexity index is 1120. The summed E-state index contributed by atoms with van der Waals surface area (Å²) in [6, 6.07) is 0. The predicted octanol–water partition coefficient (Wildman–Crippen LogP) is 20.3. The van der Waals surface area contributed by atoms with Crippen molar-refractivity contribution >= 4 is 11.9 Å². The lowest BCUT2D eigenvalue weighted by molar-refractivity contribution is -0.155. The van der Waals surface area contributed by atoms with Crippen molar-refractivity contribution in [1.29, 1.82) is 0 Å². The molecule has 0 saturated carbocycles. The number of carbonyl (C=O) groups is 2. The number of unbranched alkanes of at least 4 members (excludes halogenated alkanes) is 50. The Labute approximate surface area is 443 Å². The lowest BCUT2D eigenvalue weighted by Crippen LogP contribution is -2.40. The van der Waals surface area contributed by atoms with Gasteiger partial charge in [0.15, 0.2) is 0 Å². The number of carbonyl (C=O) groups excluding carboxylic acids is 2. The van der Waals surface area contributed by atoms with Gasteiger partial charge in [-0.2, -0.15) is 0 Å². The van der Waals surface area contributed by atoms with E-state index in [4.69, 9.17) is 9.47 Å². The molecule has 0 radical (unpaired) electrons. The van der Waals surface area contributed by atoms with Crippen LogP contribution in [0.2, 0.25) is 0 Å². The number of hydrogen-bond acceptors (Lipinski definition) is 6. The van der Waals surface area contributed by atoms with Crippen LogP contribution < -0.4 is 0 Å². The fourth-order valence-corrected chi connectivity index (χ4v) is 10.8. The summed E-state index contributed by atoms with van der Waals surface area (Å²) >= 11 is 0. The first-order valence-electron chi connectivity index (χ1n) is 32.3. The zero-order valence-corrected chi connectivity index (χ0v) is 47.8. The Balaban J connectivity index is 1.68. The topological polar surface area (TPSA) is 93.1 Å². The largest absolute Gasteiger partial charge is 0.465 e. The molecule has 0 aromatic heterocycles. The second-order valence-corrected chi connectivity index (χ2v) is 23.1. The Morgan fingerprint density at radius 2 is 0.606 bits per heavy atom. The Hall–Kier alpha value is -1.40. The smallest absolute Gasteiger partial charge is 0.309 e. The van der Waals surface area contributed by atoms with Gasteiger partial charge in [0.05, 0.1) is 31.0 Å². The minimum atomic E-state index is -1.12. The number of rotatable bonds is 56. The third kappa shape index (κ3) is 46.8. The van der Waals surface area contributed by atoms with E-state index in [-0.39, 0.29) is 19.6 Å². The van der Waals surface area contributed by atoms with Crippen LogP contribution in [0, 0.1) is 11.3 Å². The molecule has 0 aromatic carbocycles. The van der Waals surface area contributed by atoms with E-state index in [1.54, 1.807) is 0 Å². The van der Waals surface area contributed by atoms with Gasteiger partial charge >= 0.3 is 11.9 Å². The van der Waals surface area contributed by atoms with Crippen LogP contribution in [0.3, 0.4) is 0 Å². The highest BCUT2D eigenvalue weighted by Gasteiger charge is 2.36. The van der Waals surface area contributed by atoms with Crippen LogP contribution in [0.25, 0.3) is 0 Å². The van der Waals surface area contributed by atoms with Crippen LogP contribution in [0.15, 0.2) is 12.2 Å². The molecule has 420 valence electrons. The molecule has 1 aliphatic heterocycles. The lowest BCUT2D eigenvalue weighted by Gasteiger charge is -2.27. The van der Waals surface area contributed by atoms with Gasteiger partial charge in [0.1, 0.15) is 13.2 Å². The van der Waals surface area contributed by atoms with E-state index < -0.39 is 36.5 Å². The highest BCUT2D eigenvalue weighted by atomic mass is 16.6. The molecule has 1 fully saturated rings. The average Bonchev–Trinajstić information content (AvgIpc) is 3.44. The van der Waals surface area contributed by atoms with Gasteiger partial charge in [-0.1, -0.05) is 327 Å². The molecule has 0 amide bonds. The molecule has 1 heterocycles. The fraction of sp³-hybridized carbons (Fsp3) is 0.938. The molecule has 1 aliphatic rings. The molecule has 1 saturated heterocycles. The molecule has 1 rings (SSSR count). The number of aliphatic hydroxyl groups is 2. The maximum absolute atomic E-state index is 12.5. The third-order valence-electron chi connectivity index (χ3n) is 16.0. The predicted molar refractivity (Wildman–Crippen MR) is 306 cm³/mol. The van der Waals surface area contributed by atoms with Gasteiger partial charge < -0.3 is 19.7 Å². The van der Waals surface area contributed by atoms with E-state index >= 15 is 0 Å². The van der Waals surface area contributed by atoms with Gasteiger partial charge in [0, 0.05) is 0 Å². The maximum Gasteiger partial charge on any atom is 0.309 e. The summed E-state index contributed by atoms with van der Waals surface area (Å²) in [4.78, 5) is 24.7. The molecule has 1 atom stereocenters. The number of aliphatic hydroxyl groups excluding tert-OH is 2. The van der Waals surface area contributed by atoms with Crippen molar-refractivity contribution in [3.8, 4) is 0 Å². The van der Waals surface area contributed by atoms with Gasteiger partial charge in [0.2, 0.25) is 0 Å². The molecular weight excluding hydrogens is 877 g/mol. The molecule has 1 unspecified atom stereocenters. The standard InChI is InChI=1S/C65H124O6/c1-2-3-4-5-6-7-8-9-10-11-12-13-14-15-16-17-18-19-20-21-22-23-24-25-26-27-28-29-30-31-32-33-34-35-36-37-38-39-40-41-42-43-44-45-46-47-48-49-50-51-52-53-54-55-56-62-57-63(68)70-60-65(58-66,59-67)61-71-64(62)69/h41-42,62,66-67H,2-40,43-61H2,1H3/b42-41+. The minimum absolute atomic E-state index is 0.00230. The molecule has 0 aliphatic carbocycles. The Kier molecular flexibility index (Phi) is 52.2. The van der Waals surface area contributed by atoms with Gasteiger partial charge in [-0.3, -0.25) is 9.59 Å². The zero-order valence-electron chi connectivity index (χ0n) is 47.8. The SMILES string of the molecule is CCCCCCCCCCCCCCCCCCCCCCCCCCCCCCCCCCCCCCCC/C=C/CCCCCCCCCCCCCCC1CC(=O)OCC(CO)(CO)COC1=O. The lowest BCUT2D eigenvalue weighted by atomic mass is 9.92. The van der Waals surface area contributed by atoms with Crippen LogP contribution in [0.4, 0.5) is 0 Å². The van der Waals surface area contributed by atoms with Crippen molar-refractivity contribution in [2.24, 2.45) is 11.3 Å². The van der Waals surface area contributed by atoms with E-state index in [0.29, 0.717) is 6.42 Å². The normalized spacial score (nSPS) is 15.3. The number of cyclic esters (lactones) is 2.